The number of amides is 1. The van der Waals surface area contributed by atoms with Crippen LogP contribution in [0.3, 0.4) is 0 Å². The van der Waals surface area contributed by atoms with Gasteiger partial charge in [-0.2, -0.15) is 4.31 Å². The van der Waals surface area contributed by atoms with Crippen LogP contribution in [0.2, 0.25) is 5.02 Å². The second-order valence-electron chi connectivity index (χ2n) is 6.48. The third-order valence-electron chi connectivity index (χ3n) is 4.42. The molecule has 0 radical (unpaired) electrons. The number of rotatable bonds is 8. The van der Waals surface area contributed by atoms with Crippen LogP contribution in [-0.4, -0.2) is 58.1 Å². The summed E-state index contributed by atoms with van der Waals surface area (Å²) in [6.07, 6.45) is 3.05. The van der Waals surface area contributed by atoms with Gasteiger partial charge in [0.2, 0.25) is 15.9 Å². The Morgan fingerprint density at radius 3 is 2.53 bits per heavy atom. The zero-order valence-corrected chi connectivity index (χ0v) is 17.9. The Morgan fingerprint density at radius 1 is 1.13 bits per heavy atom. The number of carbonyl (C=O) groups is 1. The summed E-state index contributed by atoms with van der Waals surface area (Å²) in [6.45, 7) is 2.07. The molecule has 1 heterocycles. The molecular formula is C21H23ClN2O5S. The van der Waals surface area contributed by atoms with Crippen LogP contribution in [-0.2, 0) is 19.6 Å². The molecule has 0 unspecified atom stereocenters. The predicted octanol–water partition coefficient (Wildman–Crippen LogP) is 2.57. The fraction of sp³-hybridized carbons (Fsp3) is 0.286. The van der Waals surface area contributed by atoms with Crippen LogP contribution in [0.1, 0.15) is 5.56 Å². The molecule has 1 amide bonds. The van der Waals surface area contributed by atoms with Gasteiger partial charge in [0.25, 0.3) is 0 Å². The van der Waals surface area contributed by atoms with E-state index in [4.69, 9.17) is 21.1 Å². The summed E-state index contributed by atoms with van der Waals surface area (Å²) in [4.78, 5) is 12.1. The lowest BCUT2D eigenvalue weighted by Crippen LogP contribution is -2.40. The lowest BCUT2D eigenvalue weighted by Gasteiger charge is -2.26. The van der Waals surface area contributed by atoms with Gasteiger partial charge < -0.3 is 14.8 Å². The summed E-state index contributed by atoms with van der Waals surface area (Å²) in [6, 6.07) is 13.5. The van der Waals surface area contributed by atoms with Gasteiger partial charge in [0.15, 0.2) is 0 Å². The highest BCUT2D eigenvalue weighted by Crippen LogP contribution is 2.20. The number of carbonyl (C=O) groups excluding carboxylic acids is 1. The maximum atomic E-state index is 12.6. The minimum atomic E-state index is -3.52. The van der Waals surface area contributed by atoms with Gasteiger partial charge in [-0.25, -0.2) is 8.42 Å². The minimum absolute atomic E-state index is 0.217. The van der Waals surface area contributed by atoms with Crippen LogP contribution >= 0.6 is 11.6 Å². The molecule has 1 N–H and O–H groups in total. The summed E-state index contributed by atoms with van der Waals surface area (Å²) >= 11 is 6.04. The van der Waals surface area contributed by atoms with Gasteiger partial charge in [0.1, 0.15) is 12.4 Å². The number of halogens is 1. The van der Waals surface area contributed by atoms with Gasteiger partial charge in [-0.1, -0.05) is 29.8 Å². The van der Waals surface area contributed by atoms with E-state index in [0.717, 1.165) is 5.56 Å². The van der Waals surface area contributed by atoms with Crippen molar-refractivity contribution in [1.29, 1.82) is 0 Å². The number of morpholine rings is 1. The normalized spacial score (nSPS) is 15.2. The van der Waals surface area contributed by atoms with E-state index < -0.39 is 10.0 Å². The van der Waals surface area contributed by atoms with Crippen LogP contribution in [0, 0.1) is 0 Å². The molecule has 2 aromatic rings. The van der Waals surface area contributed by atoms with E-state index in [2.05, 4.69) is 5.32 Å². The van der Waals surface area contributed by atoms with Gasteiger partial charge >= 0.3 is 0 Å². The molecule has 0 aromatic heterocycles. The Bertz CT molecular complexity index is 987. The largest absolute Gasteiger partial charge is 0.492 e. The van der Waals surface area contributed by atoms with Gasteiger partial charge in [0, 0.05) is 24.2 Å². The standard InChI is InChI=1S/C21H23ClN2O5S/c22-20-4-2-1-3-17(20)5-10-21(25)23-11-14-29-18-6-8-19(9-7-18)30(26,27)24-12-15-28-16-13-24/h1-10H,11-16H2,(H,23,25)/b10-5+. The number of nitrogens with one attached hydrogen (secondary N) is 1. The third-order valence-corrected chi connectivity index (χ3v) is 6.68. The molecule has 0 atom stereocenters. The first-order chi connectivity index (χ1) is 14.5. The van der Waals surface area contributed by atoms with Crippen molar-refractivity contribution in [3.05, 3.63) is 65.2 Å². The molecule has 9 heteroatoms. The number of ether oxygens (including phenoxy) is 2. The van der Waals surface area contributed by atoms with E-state index in [0.29, 0.717) is 43.6 Å². The summed E-state index contributed by atoms with van der Waals surface area (Å²) in [7, 11) is -3.52. The molecule has 0 aliphatic carbocycles. The van der Waals surface area contributed by atoms with Crippen molar-refractivity contribution in [3.63, 3.8) is 0 Å². The van der Waals surface area contributed by atoms with E-state index >= 15 is 0 Å². The Hall–Kier alpha value is -2.39. The van der Waals surface area contributed by atoms with Crippen molar-refractivity contribution in [2.75, 3.05) is 39.5 Å². The van der Waals surface area contributed by atoms with E-state index in [-0.39, 0.29) is 17.4 Å². The molecule has 7 nitrogen and oxygen atoms in total. The van der Waals surface area contributed by atoms with Crippen LogP contribution in [0.15, 0.2) is 59.5 Å². The molecule has 0 spiro atoms. The smallest absolute Gasteiger partial charge is 0.244 e. The van der Waals surface area contributed by atoms with Crippen LogP contribution < -0.4 is 10.1 Å². The quantitative estimate of drug-likeness (QED) is 0.493. The maximum Gasteiger partial charge on any atom is 0.244 e. The number of hydrogen-bond donors (Lipinski definition) is 1. The lowest BCUT2D eigenvalue weighted by molar-refractivity contribution is -0.116. The highest BCUT2D eigenvalue weighted by Gasteiger charge is 2.26. The lowest BCUT2D eigenvalue weighted by atomic mass is 10.2. The molecular weight excluding hydrogens is 428 g/mol. The molecule has 1 fully saturated rings. The molecule has 3 rings (SSSR count). The Labute approximate surface area is 181 Å². The number of nitrogens with zero attached hydrogens (tertiary/aromatic N) is 1. The first-order valence-corrected chi connectivity index (χ1v) is 11.3. The number of hydrogen-bond acceptors (Lipinski definition) is 5. The number of benzene rings is 2. The van der Waals surface area contributed by atoms with Crippen molar-refractivity contribution < 1.29 is 22.7 Å². The van der Waals surface area contributed by atoms with Crippen molar-refractivity contribution in [3.8, 4) is 5.75 Å². The Balaban J connectivity index is 1.44. The summed E-state index contributed by atoms with van der Waals surface area (Å²) < 4.78 is 37.3. The first kappa shape index (κ1) is 22.3. The summed E-state index contributed by atoms with van der Waals surface area (Å²) in [5.41, 5.74) is 0.762. The SMILES string of the molecule is O=C(/C=C/c1ccccc1Cl)NCCOc1ccc(S(=O)(=O)N2CCOCC2)cc1. The molecule has 2 aromatic carbocycles. The van der Waals surface area contributed by atoms with Crippen molar-refractivity contribution >= 4 is 33.6 Å². The van der Waals surface area contributed by atoms with E-state index in [1.54, 1.807) is 24.3 Å². The molecule has 1 saturated heterocycles. The number of sulfonamides is 1. The molecule has 1 aliphatic rings. The van der Waals surface area contributed by atoms with Gasteiger partial charge in [0.05, 0.1) is 24.7 Å². The first-order valence-electron chi connectivity index (χ1n) is 9.48. The Morgan fingerprint density at radius 2 is 1.83 bits per heavy atom. The zero-order valence-electron chi connectivity index (χ0n) is 16.3. The third kappa shape index (κ3) is 6.06. The van der Waals surface area contributed by atoms with Crippen LogP contribution in [0.5, 0.6) is 5.75 Å². The van der Waals surface area contributed by atoms with Crippen molar-refractivity contribution in [1.82, 2.24) is 9.62 Å². The molecule has 0 saturated carbocycles. The molecule has 160 valence electrons. The summed E-state index contributed by atoms with van der Waals surface area (Å²) in [5.74, 6) is 0.266. The topological polar surface area (TPSA) is 84.9 Å². The average molecular weight is 451 g/mol. The van der Waals surface area contributed by atoms with Crippen molar-refractivity contribution in [2.24, 2.45) is 0 Å². The molecule has 0 bridgehead atoms. The fourth-order valence-corrected chi connectivity index (χ4v) is 4.43. The monoisotopic (exact) mass is 450 g/mol. The van der Waals surface area contributed by atoms with E-state index in [1.165, 1.54) is 22.5 Å². The average Bonchev–Trinajstić information content (AvgIpc) is 2.77. The van der Waals surface area contributed by atoms with Gasteiger partial charge in [-0.3, -0.25) is 4.79 Å². The second-order valence-corrected chi connectivity index (χ2v) is 8.83. The van der Waals surface area contributed by atoms with Crippen LogP contribution in [0.4, 0.5) is 0 Å². The Kier molecular flexibility index (Phi) is 7.87. The molecule has 1 aliphatic heterocycles. The second kappa shape index (κ2) is 10.6. The zero-order chi connectivity index (χ0) is 21.4. The predicted molar refractivity (Wildman–Crippen MR) is 115 cm³/mol. The van der Waals surface area contributed by atoms with Gasteiger partial charge in [-0.15, -0.1) is 0 Å². The minimum Gasteiger partial charge on any atom is -0.492 e. The fourth-order valence-electron chi connectivity index (χ4n) is 2.82. The highest BCUT2D eigenvalue weighted by molar-refractivity contribution is 7.89. The molecule has 30 heavy (non-hydrogen) atoms. The summed E-state index contributed by atoms with van der Waals surface area (Å²) in [5, 5.41) is 3.29. The maximum absolute atomic E-state index is 12.6. The van der Waals surface area contributed by atoms with E-state index in [1.807, 2.05) is 18.2 Å². The van der Waals surface area contributed by atoms with Crippen molar-refractivity contribution in [2.45, 2.75) is 4.90 Å². The highest BCUT2D eigenvalue weighted by atomic mass is 35.5. The van der Waals surface area contributed by atoms with Crippen LogP contribution in [0.25, 0.3) is 6.08 Å². The van der Waals surface area contributed by atoms with Gasteiger partial charge in [-0.05, 0) is 42.0 Å². The van der Waals surface area contributed by atoms with E-state index in [9.17, 15) is 13.2 Å².